The first-order valence-electron chi connectivity index (χ1n) is 6.78. The standard InChI is InChI=1S/C14H24N2OS/c1-4-11-5-6-12(18-11)9-13(15-2)14-10-16(3)7-8-17-14/h5-6,13-15H,4,7-10H2,1-3H3. The second-order valence-electron chi connectivity index (χ2n) is 4.99. The Morgan fingerprint density at radius 1 is 1.50 bits per heavy atom. The molecule has 0 radical (unpaired) electrons. The quantitative estimate of drug-likeness (QED) is 0.881. The van der Waals surface area contributed by atoms with E-state index in [2.05, 4.69) is 36.3 Å². The molecule has 1 N–H and O–H groups in total. The summed E-state index contributed by atoms with van der Waals surface area (Å²) in [4.78, 5) is 5.29. The molecule has 2 atom stereocenters. The third kappa shape index (κ3) is 3.54. The van der Waals surface area contributed by atoms with Crippen LogP contribution >= 0.6 is 11.3 Å². The zero-order valence-corrected chi connectivity index (χ0v) is 12.4. The number of hydrogen-bond donors (Lipinski definition) is 1. The molecule has 0 amide bonds. The van der Waals surface area contributed by atoms with E-state index in [0.717, 1.165) is 32.5 Å². The van der Waals surface area contributed by atoms with Gasteiger partial charge < -0.3 is 15.0 Å². The molecule has 1 aliphatic heterocycles. The Hall–Kier alpha value is -0.420. The Kier molecular flexibility index (Phi) is 5.18. The lowest BCUT2D eigenvalue weighted by molar-refractivity contribution is -0.0370. The molecular weight excluding hydrogens is 244 g/mol. The predicted octanol–water partition coefficient (Wildman–Crippen LogP) is 1.77. The van der Waals surface area contributed by atoms with E-state index in [4.69, 9.17) is 4.74 Å². The van der Waals surface area contributed by atoms with Crippen molar-refractivity contribution in [2.24, 2.45) is 0 Å². The zero-order valence-electron chi connectivity index (χ0n) is 11.6. The van der Waals surface area contributed by atoms with E-state index in [9.17, 15) is 0 Å². The first kappa shape index (κ1) is 14.0. The van der Waals surface area contributed by atoms with Gasteiger partial charge in [0.2, 0.25) is 0 Å². The number of rotatable bonds is 5. The molecule has 0 bridgehead atoms. The van der Waals surface area contributed by atoms with Crippen molar-refractivity contribution in [2.75, 3.05) is 33.8 Å². The highest BCUT2D eigenvalue weighted by atomic mass is 32.1. The molecule has 2 heterocycles. The highest BCUT2D eigenvalue weighted by Gasteiger charge is 2.26. The van der Waals surface area contributed by atoms with Gasteiger partial charge in [-0.1, -0.05) is 6.92 Å². The second-order valence-corrected chi connectivity index (χ2v) is 6.25. The summed E-state index contributed by atoms with van der Waals surface area (Å²) in [6.45, 7) is 5.14. The van der Waals surface area contributed by atoms with E-state index >= 15 is 0 Å². The fourth-order valence-electron chi connectivity index (χ4n) is 2.41. The molecule has 0 aliphatic carbocycles. The van der Waals surface area contributed by atoms with Crippen LogP contribution in [0.4, 0.5) is 0 Å². The molecule has 1 aromatic rings. The highest BCUT2D eigenvalue weighted by molar-refractivity contribution is 7.11. The molecule has 1 saturated heterocycles. The van der Waals surface area contributed by atoms with Gasteiger partial charge in [-0.3, -0.25) is 0 Å². The highest BCUT2D eigenvalue weighted by Crippen LogP contribution is 2.20. The SMILES string of the molecule is CCc1ccc(CC(NC)C2CN(C)CCO2)s1. The summed E-state index contributed by atoms with van der Waals surface area (Å²) in [5, 5.41) is 3.42. The molecular formula is C14H24N2OS. The number of aryl methyl sites for hydroxylation is 1. The number of ether oxygens (including phenoxy) is 1. The van der Waals surface area contributed by atoms with Crippen molar-refractivity contribution in [3.05, 3.63) is 21.9 Å². The van der Waals surface area contributed by atoms with Crippen LogP contribution in [-0.4, -0.2) is 50.8 Å². The molecule has 3 nitrogen and oxygen atoms in total. The number of morpholine rings is 1. The molecule has 0 aromatic carbocycles. The molecule has 1 fully saturated rings. The fourth-order valence-corrected chi connectivity index (χ4v) is 3.43. The van der Waals surface area contributed by atoms with E-state index in [1.807, 2.05) is 18.4 Å². The normalized spacial score (nSPS) is 23.2. The molecule has 4 heteroatoms. The lowest BCUT2D eigenvalue weighted by Gasteiger charge is -2.35. The van der Waals surface area contributed by atoms with Gasteiger partial charge in [0, 0.05) is 28.9 Å². The summed E-state index contributed by atoms with van der Waals surface area (Å²) >= 11 is 1.93. The number of thiophene rings is 1. The van der Waals surface area contributed by atoms with Gasteiger partial charge in [0.05, 0.1) is 12.7 Å². The molecule has 1 aromatic heterocycles. The van der Waals surface area contributed by atoms with Crippen molar-refractivity contribution in [2.45, 2.75) is 31.9 Å². The monoisotopic (exact) mass is 268 g/mol. The van der Waals surface area contributed by atoms with E-state index in [1.54, 1.807) is 0 Å². The molecule has 0 spiro atoms. The van der Waals surface area contributed by atoms with Crippen LogP contribution in [0.25, 0.3) is 0 Å². The minimum absolute atomic E-state index is 0.306. The Morgan fingerprint density at radius 2 is 2.28 bits per heavy atom. The molecule has 18 heavy (non-hydrogen) atoms. The van der Waals surface area contributed by atoms with Crippen molar-refractivity contribution in [3.8, 4) is 0 Å². The maximum atomic E-state index is 5.91. The molecule has 1 aliphatic rings. The van der Waals surface area contributed by atoms with Crippen LogP contribution in [0.15, 0.2) is 12.1 Å². The number of nitrogens with zero attached hydrogens (tertiary/aromatic N) is 1. The number of hydrogen-bond acceptors (Lipinski definition) is 4. The van der Waals surface area contributed by atoms with Crippen LogP contribution in [0.1, 0.15) is 16.7 Å². The van der Waals surface area contributed by atoms with Gasteiger partial charge >= 0.3 is 0 Å². The van der Waals surface area contributed by atoms with Crippen LogP contribution in [0.3, 0.4) is 0 Å². The van der Waals surface area contributed by atoms with Gasteiger partial charge in [-0.2, -0.15) is 0 Å². The Morgan fingerprint density at radius 3 is 2.89 bits per heavy atom. The van der Waals surface area contributed by atoms with E-state index < -0.39 is 0 Å². The van der Waals surface area contributed by atoms with Crippen molar-refractivity contribution in [1.82, 2.24) is 10.2 Å². The van der Waals surface area contributed by atoms with Crippen LogP contribution < -0.4 is 5.32 Å². The first-order valence-corrected chi connectivity index (χ1v) is 7.59. The molecule has 2 rings (SSSR count). The van der Waals surface area contributed by atoms with Gasteiger partial charge in [0.25, 0.3) is 0 Å². The third-order valence-corrected chi connectivity index (χ3v) is 4.85. The van der Waals surface area contributed by atoms with Crippen molar-refractivity contribution < 1.29 is 4.74 Å². The summed E-state index contributed by atoms with van der Waals surface area (Å²) < 4.78 is 5.91. The van der Waals surface area contributed by atoms with Crippen LogP contribution in [0.5, 0.6) is 0 Å². The molecule has 0 saturated carbocycles. The minimum atomic E-state index is 0.306. The molecule has 2 unspecified atom stereocenters. The van der Waals surface area contributed by atoms with E-state index in [-0.39, 0.29) is 0 Å². The Bertz CT molecular complexity index is 366. The topological polar surface area (TPSA) is 24.5 Å². The minimum Gasteiger partial charge on any atom is -0.374 e. The average molecular weight is 268 g/mol. The fraction of sp³-hybridized carbons (Fsp3) is 0.714. The summed E-state index contributed by atoms with van der Waals surface area (Å²) in [6.07, 6.45) is 2.51. The summed E-state index contributed by atoms with van der Waals surface area (Å²) in [5.74, 6) is 0. The summed E-state index contributed by atoms with van der Waals surface area (Å²) in [5.41, 5.74) is 0. The van der Waals surface area contributed by atoms with Gasteiger partial charge in [-0.05, 0) is 39.1 Å². The van der Waals surface area contributed by atoms with Crippen LogP contribution in [0.2, 0.25) is 0 Å². The molecule has 102 valence electrons. The van der Waals surface area contributed by atoms with Gasteiger partial charge in [0.15, 0.2) is 0 Å². The van der Waals surface area contributed by atoms with E-state index in [1.165, 1.54) is 9.75 Å². The van der Waals surface area contributed by atoms with Gasteiger partial charge in [0.1, 0.15) is 0 Å². The van der Waals surface area contributed by atoms with E-state index in [0.29, 0.717) is 12.1 Å². The largest absolute Gasteiger partial charge is 0.374 e. The van der Waals surface area contributed by atoms with Gasteiger partial charge in [-0.15, -0.1) is 11.3 Å². The smallest absolute Gasteiger partial charge is 0.0858 e. The van der Waals surface area contributed by atoms with Gasteiger partial charge in [-0.25, -0.2) is 0 Å². The first-order chi connectivity index (χ1) is 8.72. The van der Waals surface area contributed by atoms with Crippen LogP contribution in [-0.2, 0) is 17.6 Å². The zero-order chi connectivity index (χ0) is 13.0. The number of likely N-dealkylation sites (N-methyl/N-ethyl adjacent to an activating group) is 2. The Balaban J connectivity index is 1.95. The maximum absolute atomic E-state index is 5.91. The Labute approximate surface area is 114 Å². The third-order valence-electron chi connectivity index (χ3n) is 3.60. The summed E-state index contributed by atoms with van der Waals surface area (Å²) in [6, 6.07) is 4.93. The second kappa shape index (κ2) is 6.66. The number of nitrogens with one attached hydrogen (secondary N) is 1. The van der Waals surface area contributed by atoms with Crippen molar-refractivity contribution >= 4 is 11.3 Å². The average Bonchev–Trinajstić information content (AvgIpc) is 2.83. The van der Waals surface area contributed by atoms with Crippen LogP contribution in [0, 0.1) is 0 Å². The van der Waals surface area contributed by atoms with Crippen molar-refractivity contribution in [1.29, 1.82) is 0 Å². The summed E-state index contributed by atoms with van der Waals surface area (Å²) in [7, 11) is 4.21. The maximum Gasteiger partial charge on any atom is 0.0858 e. The predicted molar refractivity (Wildman–Crippen MR) is 77.5 cm³/mol. The lowest BCUT2D eigenvalue weighted by atomic mass is 10.1. The van der Waals surface area contributed by atoms with Crippen molar-refractivity contribution in [3.63, 3.8) is 0 Å². The lowest BCUT2D eigenvalue weighted by Crippen LogP contribution is -2.51.